The first-order chi connectivity index (χ1) is 9.22. The molecule has 0 aliphatic heterocycles. The molecule has 2 saturated carbocycles. The quantitative estimate of drug-likeness (QED) is 0.851. The van der Waals surface area contributed by atoms with Crippen LogP contribution in [0.5, 0.6) is 0 Å². The van der Waals surface area contributed by atoms with E-state index in [2.05, 4.69) is 22.5 Å². The lowest BCUT2D eigenvalue weighted by atomic mass is 9.98. The summed E-state index contributed by atoms with van der Waals surface area (Å²) in [6.45, 7) is 3.27. The third kappa shape index (κ3) is 2.01. The van der Waals surface area contributed by atoms with E-state index in [1.807, 2.05) is 12.1 Å². The maximum absolute atomic E-state index is 5.85. The summed E-state index contributed by atoms with van der Waals surface area (Å²) >= 11 is 0. The molecule has 4 rings (SSSR count). The second-order valence-electron chi connectivity index (χ2n) is 6.36. The molecular weight excluding hydrogens is 234 g/mol. The molecule has 0 amide bonds. The van der Waals surface area contributed by atoms with Crippen molar-refractivity contribution in [3.63, 3.8) is 0 Å². The van der Waals surface area contributed by atoms with Crippen molar-refractivity contribution in [1.82, 2.24) is 9.55 Å². The zero-order valence-electron chi connectivity index (χ0n) is 11.5. The number of anilines is 1. The Balaban J connectivity index is 1.71. The SMILES string of the molecule is Cc1nc2cc(N)ccc2n1CC(C1CC1)C1CC1. The Hall–Kier alpha value is -1.51. The lowest BCUT2D eigenvalue weighted by molar-refractivity contribution is 0.350. The van der Waals surface area contributed by atoms with Crippen molar-refractivity contribution in [3.05, 3.63) is 24.0 Å². The van der Waals surface area contributed by atoms with Crippen molar-refractivity contribution in [1.29, 1.82) is 0 Å². The monoisotopic (exact) mass is 255 g/mol. The number of aryl methyl sites for hydroxylation is 1. The maximum atomic E-state index is 5.85. The van der Waals surface area contributed by atoms with Gasteiger partial charge in [0.15, 0.2) is 0 Å². The molecule has 3 heteroatoms. The van der Waals surface area contributed by atoms with Gasteiger partial charge in [-0.25, -0.2) is 4.98 Å². The number of aromatic nitrogens is 2. The van der Waals surface area contributed by atoms with Gasteiger partial charge in [0, 0.05) is 12.2 Å². The molecule has 100 valence electrons. The number of fused-ring (bicyclic) bond motifs is 1. The number of nitrogens with two attached hydrogens (primary N) is 1. The van der Waals surface area contributed by atoms with E-state index in [1.165, 1.54) is 31.2 Å². The van der Waals surface area contributed by atoms with E-state index in [0.717, 1.165) is 41.3 Å². The van der Waals surface area contributed by atoms with Crippen molar-refractivity contribution in [3.8, 4) is 0 Å². The Kier molecular flexibility index (Phi) is 2.38. The van der Waals surface area contributed by atoms with Crippen LogP contribution in [0.4, 0.5) is 5.69 Å². The highest BCUT2D eigenvalue weighted by molar-refractivity contribution is 5.79. The van der Waals surface area contributed by atoms with Gasteiger partial charge in [-0.15, -0.1) is 0 Å². The zero-order chi connectivity index (χ0) is 13.0. The van der Waals surface area contributed by atoms with Gasteiger partial charge in [0.1, 0.15) is 5.82 Å². The van der Waals surface area contributed by atoms with Crippen LogP contribution < -0.4 is 5.73 Å². The van der Waals surface area contributed by atoms with Crippen LogP contribution >= 0.6 is 0 Å². The summed E-state index contributed by atoms with van der Waals surface area (Å²) in [7, 11) is 0. The fourth-order valence-corrected chi connectivity index (χ4v) is 3.44. The van der Waals surface area contributed by atoms with Gasteiger partial charge >= 0.3 is 0 Å². The molecule has 0 unspecified atom stereocenters. The molecular formula is C16H21N3. The molecule has 1 aromatic carbocycles. The topological polar surface area (TPSA) is 43.8 Å². The van der Waals surface area contributed by atoms with Crippen molar-refractivity contribution in [2.24, 2.45) is 17.8 Å². The van der Waals surface area contributed by atoms with E-state index < -0.39 is 0 Å². The number of nitrogen functional groups attached to an aromatic ring is 1. The second kappa shape index (κ2) is 3.99. The molecule has 1 heterocycles. The van der Waals surface area contributed by atoms with Crippen LogP contribution in [0.15, 0.2) is 18.2 Å². The minimum absolute atomic E-state index is 0.804. The van der Waals surface area contributed by atoms with Crippen molar-refractivity contribution >= 4 is 16.7 Å². The van der Waals surface area contributed by atoms with Gasteiger partial charge in [-0.05, 0) is 68.6 Å². The van der Waals surface area contributed by atoms with Gasteiger partial charge in [-0.3, -0.25) is 0 Å². The molecule has 0 radical (unpaired) electrons. The van der Waals surface area contributed by atoms with Gasteiger partial charge in [0.05, 0.1) is 11.0 Å². The highest BCUT2D eigenvalue weighted by Crippen LogP contribution is 2.50. The summed E-state index contributed by atoms with van der Waals surface area (Å²) in [4.78, 5) is 4.67. The van der Waals surface area contributed by atoms with Crippen LogP contribution in [0, 0.1) is 24.7 Å². The molecule has 0 bridgehead atoms. The molecule has 19 heavy (non-hydrogen) atoms. The highest BCUT2D eigenvalue weighted by atomic mass is 15.1. The van der Waals surface area contributed by atoms with Crippen molar-refractivity contribution in [2.75, 3.05) is 5.73 Å². The van der Waals surface area contributed by atoms with Crippen molar-refractivity contribution in [2.45, 2.75) is 39.2 Å². The summed E-state index contributed by atoms with van der Waals surface area (Å²) in [5, 5.41) is 0. The summed E-state index contributed by atoms with van der Waals surface area (Å²) in [6, 6.07) is 6.10. The Morgan fingerprint density at radius 3 is 2.58 bits per heavy atom. The van der Waals surface area contributed by atoms with E-state index >= 15 is 0 Å². The van der Waals surface area contributed by atoms with Crippen molar-refractivity contribution < 1.29 is 0 Å². The van der Waals surface area contributed by atoms with Crippen LogP contribution in [0.25, 0.3) is 11.0 Å². The number of imidazole rings is 1. The van der Waals surface area contributed by atoms with E-state index in [0.29, 0.717) is 0 Å². The van der Waals surface area contributed by atoms with Gasteiger partial charge in [-0.1, -0.05) is 0 Å². The predicted molar refractivity (Wildman–Crippen MR) is 77.8 cm³/mol. The molecule has 2 N–H and O–H groups in total. The average molecular weight is 255 g/mol. The highest BCUT2D eigenvalue weighted by Gasteiger charge is 2.41. The maximum Gasteiger partial charge on any atom is 0.106 e. The van der Waals surface area contributed by atoms with E-state index in [4.69, 9.17) is 5.73 Å². The smallest absolute Gasteiger partial charge is 0.106 e. The first kappa shape index (κ1) is 11.3. The Labute approximate surface area is 113 Å². The third-order valence-electron chi connectivity index (χ3n) is 4.81. The standard InChI is InChI=1S/C16H21N3/c1-10-18-15-8-13(17)6-7-16(15)19(10)9-14(11-2-3-11)12-4-5-12/h6-8,11-12,14H,2-5,9,17H2,1H3. The molecule has 2 fully saturated rings. The molecule has 3 nitrogen and oxygen atoms in total. The summed E-state index contributed by atoms with van der Waals surface area (Å²) in [6.07, 6.45) is 5.78. The molecule has 0 spiro atoms. The second-order valence-corrected chi connectivity index (χ2v) is 6.36. The van der Waals surface area contributed by atoms with Gasteiger partial charge in [-0.2, -0.15) is 0 Å². The Bertz CT molecular complexity index is 608. The predicted octanol–water partition coefficient (Wildman–Crippen LogP) is 3.36. The first-order valence-electron chi connectivity index (χ1n) is 7.45. The van der Waals surface area contributed by atoms with Gasteiger partial charge in [0.25, 0.3) is 0 Å². The van der Waals surface area contributed by atoms with E-state index in [1.54, 1.807) is 0 Å². The molecule has 1 aromatic heterocycles. The van der Waals surface area contributed by atoms with Gasteiger partial charge in [0.2, 0.25) is 0 Å². The van der Waals surface area contributed by atoms with E-state index in [-0.39, 0.29) is 0 Å². The summed E-state index contributed by atoms with van der Waals surface area (Å²) in [5.41, 5.74) is 8.95. The molecule has 2 aromatic rings. The number of rotatable bonds is 4. The van der Waals surface area contributed by atoms with Crippen LogP contribution in [0.3, 0.4) is 0 Å². The normalized spacial score (nSPS) is 19.5. The minimum Gasteiger partial charge on any atom is -0.399 e. The zero-order valence-corrected chi connectivity index (χ0v) is 11.5. The number of benzene rings is 1. The number of hydrogen-bond acceptors (Lipinski definition) is 2. The minimum atomic E-state index is 0.804. The average Bonchev–Trinajstić information content (AvgIpc) is 3.24. The molecule has 0 atom stereocenters. The lowest BCUT2D eigenvalue weighted by Crippen LogP contribution is -2.15. The third-order valence-corrected chi connectivity index (χ3v) is 4.81. The lowest BCUT2D eigenvalue weighted by Gasteiger charge is -2.18. The fourth-order valence-electron chi connectivity index (χ4n) is 3.44. The van der Waals surface area contributed by atoms with Crippen LogP contribution in [-0.4, -0.2) is 9.55 Å². The Morgan fingerprint density at radius 1 is 1.26 bits per heavy atom. The Morgan fingerprint density at radius 2 is 1.95 bits per heavy atom. The molecule has 2 aliphatic carbocycles. The molecule has 0 saturated heterocycles. The number of hydrogen-bond donors (Lipinski definition) is 1. The number of nitrogens with zero attached hydrogens (tertiary/aromatic N) is 2. The summed E-state index contributed by atoms with van der Waals surface area (Å²) in [5.74, 6) is 3.98. The van der Waals surface area contributed by atoms with Crippen LogP contribution in [0.1, 0.15) is 31.5 Å². The first-order valence-corrected chi connectivity index (χ1v) is 7.45. The van der Waals surface area contributed by atoms with Crippen LogP contribution in [0.2, 0.25) is 0 Å². The fraction of sp³-hybridized carbons (Fsp3) is 0.562. The van der Waals surface area contributed by atoms with Crippen LogP contribution in [-0.2, 0) is 6.54 Å². The van der Waals surface area contributed by atoms with Gasteiger partial charge < -0.3 is 10.3 Å². The largest absolute Gasteiger partial charge is 0.399 e. The molecule has 2 aliphatic rings. The summed E-state index contributed by atoms with van der Waals surface area (Å²) < 4.78 is 2.41. The van der Waals surface area contributed by atoms with E-state index in [9.17, 15) is 0 Å².